The lowest BCUT2D eigenvalue weighted by Crippen LogP contribution is -2.40. The Balaban J connectivity index is 1.85. The molecule has 1 N–H and O–H groups in total. The zero-order chi connectivity index (χ0) is 17.4. The number of thioether (sulfide) groups is 1. The largest absolute Gasteiger partial charge is 0.357 e. The monoisotopic (exact) mass is 369 g/mol. The Hall–Kier alpha value is -1.21. The Morgan fingerprint density at radius 1 is 1.38 bits per heavy atom. The van der Waals surface area contributed by atoms with Gasteiger partial charge in [-0.2, -0.15) is 0 Å². The number of nitrogens with one attached hydrogen (secondary N) is 1. The number of benzene rings is 1. The van der Waals surface area contributed by atoms with Crippen LogP contribution >= 0.6 is 11.8 Å². The molecule has 1 aliphatic heterocycles. The molecule has 0 bridgehead atoms. The van der Waals surface area contributed by atoms with Crippen LogP contribution in [0, 0.1) is 5.92 Å². The molecule has 0 radical (unpaired) electrons. The molecule has 0 saturated carbocycles. The highest BCUT2D eigenvalue weighted by atomic mass is 32.2. The maximum absolute atomic E-state index is 11.3. The molecule has 0 spiro atoms. The van der Waals surface area contributed by atoms with Gasteiger partial charge in [0.1, 0.15) is 9.84 Å². The van der Waals surface area contributed by atoms with Crippen LogP contribution in [0.4, 0.5) is 0 Å². The second kappa shape index (κ2) is 9.32. The molecule has 0 aliphatic carbocycles. The third-order valence-electron chi connectivity index (χ3n) is 3.87. The molecule has 1 fully saturated rings. The molecule has 1 saturated heterocycles. The fourth-order valence-corrected chi connectivity index (χ4v) is 4.11. The Bertz CT molecular complexity index is 632. The summed E-state index contributed by atoms with van der Waals surface area (Å²) in [4.78, 5) is 8.04. The second-order valence-corrected chi connectivity index (χ2v) is 9.44. The summed E-state index contributed by atoms with van der Waals surface area (Å²) in [7, 11) is -2.96. The van der Waals surface area contributed by atoms with Crippen molar-refractivity contribution in [2.45, 2.75) is 18.2 Å². The molecular formula is C17H27N3O2S2. The molecule has 1 aromatic carbocycles. The van der Waals surface area contributed by atoms with E-state index >= 15 is 0 Å². The van der Waals surface area contributed by atoms with E-state index in [0.29, 0.717) is 12.5 Å². The molecule has 1 unspecified atom stereocenters. The summed E-state index contributed by atoms with van der Waals surface area (Å²) in [5.74, 6) is 2.68. The van der Waals surface area contributed by atoms with E-state index in [1.54, 1.807) is 0 Å². The highest BCUT2D eigenvalue weighted by Crippen LogP contribution is 2.25. The molecule has 0 aromatic heterocycles. The van der Waals surface area contributed by atoms with Gasteiger partial charge in [0, 0.05) is 36.5 Å². The summed E-state index contributed by atoms with van der Waals surface area (Å²) in [5.41, 5.74) is 0. The predicted molar refractivity (Wildman–Crippen MR) is 103 cm³/mol. The first kappa shape index (κ1) is 19.1. The molecule has 1 aromatic rings. The van der Waals surface area contributed by atoms with Crippen LogP contribution in [-0.4, -0.2) is 63.2 Å². The Labute approximate surface area is 149 Å². The van der Waals surface area contributed by atoms with E-state index in [2.05, 4.69) is 39.5 Å². The predicted octanol–water partition coefficient (Wildman–Crippen LogP) is 2.11. The van der Waals surface area contributed by atoms with E-state index in [0.717, 1.165) is 37.8 Å². The minimum absolute atomic E-state index is 0.100. The summed E-state index contributed by atoms with van der Waals surface area (Å²) < 4.78 is 22.5. The fraction of sp³-hybridized carbons (Fsp3) is 0.588. The van der Waals surface area contributed by atoms with Gasteiger partial charge in [-0.15, -0.1) is 11.8 Å². The number of hydrogen-bond acceptors (Lipinski definition) is 4. The Morgan fingerprint density at radius 2 is 2.12 bits per heavy atom. The van der Waals surface area contributed by atoms with Crippen LogP contribution in [0.1, 0.15) is 13.3 Å². The van der Waals surface area contributed by atoms with Crippen LogP contribution in [0.15, 0.2) is 40.2 Å². The third-order valence-corrected chi connectivity index (χ3v) is 6.04. The summed E-state index contributed by atoms with van der Waals surface area (Å²) >= 11 is 1.90. The average molecular weight is 370 g/mol. The lowest BCUT2D eigenvalue weighted by Gasteiger charge is -2.21. The molecule has 2 rings (SSSR count). The number of rotatable bonds is 7. The van der Waals surface area contributed by atoms with Crippen LogP contribution in [0.25, 0.3) is 0 Å². The first-order valence-electron chi connectivity index (χ1n) is 8.37. The molecule has 1 aliphatic rings. The first-order chi connectivity index (χ1) is 11.5. The molecule has 0 amide bonds. The van der Waals surface area contributed by atoms with Crippen molar-refractivity contribution in [1.29, 1.82) is 0 Å². The van der Waals surface area contributed by atoms with E-state index in [1.165, 1.54) is 11.2 Å². The van der Waals surface area contributed by atoms with Gasteiger partial charge in [-0.25, -0.2) is 8.42 Å². The highest BCUT2D eigenvalue weighted by Gasteiger charge is 2.24. The van der Waals surface area contributed by atoms with Gasteiger partial charge in [0.05, 0.1) is 12.3 Å². The average Bonchev–Trinajstić information content (AvgIpc) is 3.01. The maximum atomic E-state index is 11.3. The summed E-state index contributed by atoms with van der Waals surface area (Å²) in [5, 5.41) is 3.28. The van der Waals surface area contributed by atoms with Crippen LogP contribution in [0.3, 0.4) is 0 Å². The van der Waals surface area contributed by atoms with E-state index in [4.69, 9.17) is 0 Å². The summed E-state index contributed by atoms with van der Waals surface area (Å²) in [6.07, 6.45) is 2.40. The number of nitrogens with zero attached hydrogens (tertiary/aromatic N) is 2. The zero-order valence-corrected chi connectivity index (χ0v) is 16.1. The molecule has 7 heteroatoms. The standard InChI is InChI=1S/C17H27N3O2S2/c1-3-18-17(19-10-12-24(2,21)22)20-11-9-15(13-20)14-23-16-7-5-4-6-8-16/h4-8,15H,3,9-14H2,1-2H3,(H,18,19). The van der Waals surface area contributed by atoms with E-state index in [-0.39, 0.29) is 5.75 Å². The molecule has 5 nitrogen and oxygen atoms in total. The van der Waals surface area contributed by atoms with E-state index in [1.807, 2.05) is 24.8 Å². The molecule has 1 atom stereocenters. The maximum Gasteiger partial charge on any atom is 0.193 e. The lowest BCUT2D eigenvalue weighted by molar-refractivity contribution is 0.475. The number of guanidine groups is 1. The van der Waals surface area contributed by atoms with Crippen molar-refractivity contribution >= 4 is 27.6 Å². The van der Waals surface area contributed by atoms with Gasteiger partial charge in [0.15, 0.2) is 5.96 Å². The molecular weight excluding hydrogens is 342 g/mol. The van der Waals surface area contributed by atoms with Gasteiger partial charge in [0.25, 0.3) is 0 Å². The normalized spacial score (nSPS) is 18.8. The number of aliphatic imine (C=N–C) groups is 1. The van der Waals surface area contributed by atoms with Gasteiger partial charge in [-0.3, -0.25) is 4.99 Å². The minimum atomic E-state index is -2.96. The topological polar surface area (TPSA) is 61.8 Å². The highest BCUT2D eigenvalue weighted by molar-refractivity contribution is 7.99. The third kappa shape index (κ3) is 6.73. The number of hydrogen-bond donors (Lipinski definition) is 1. The SMILES string of the molecule is CCNC(=NCCS(C)(=O)=O)N1CCC(CSc2ccccc2)C1. The Morgan fingerprint density at radius 3 is 2.79 bits per heavy atom. The van der Waals surface area contributed by atoms with Crippen molar-refractivity contribution in [2.24, 2.45) is 10.9 Å². The van der Waals surface area contributed by atoms with Gasteiger partial charge >= 0.3 is 0 Å². The van der Waals surface area contributed by atoms with Crippen LogP contribution in [-0.2, 0) is 9.84 Å². The van der Waals surface area contributed by atoms with E-state index < -0.39 is 9.84 Å². The molecule has 24 heavy (non-hydrogen) atoms. The minimum Gasteiger partial charge on any atom is -0.357 e. The van der Waals surface area contributed by atoms with Crippen LogP contribution < -0.4 is 5.32 Å². The number of sulfone groups is 1. The first-order valence-corrected chi connectivity index (χ1v) is 11.4. The number of likely N-dealkylation sites (tertiary alicyclic amines) is 1. The van der Waals surface area contributed by atoms with Gasteiger partial charge in [0.2, 0.25) is 0 Å². The van der Waals surface area contributed by atoms with Crippen molar-refractivity contribution in [2.75, 3.05) is 43.9 Å². The van der Waals surface area contributed by atoms with Crippen molar-refractivity contribution in [1.82, 2.24) is 10.2 Å². The van der Waals surface area contributed by atoms with Crippen molar-refractivity contribution in [3.8, 4) is 0 Å². The van der Waals surface area contributed by atoms with E-state index in [9.17, 15) is 8.42 Å². The molecule has 134 valence electrons. The molecule has 1 heterocycles. The van der Waals surface area contributed by atoms with Crippen molar-refractivity contribution in [3.63, 3.8) is 0 Å². The quantitative estimate of drug-likeness (QED) is 0.453. The van der Waals surface area contributed by atoms with Gasteiger partial charge in [-0.05, 0) is 31.4 Å². The zero-order valence-electron chi connectivity index (χ0n) is 14.4. The summed E-state index contributed by atoms with van der Waals surface area (Å²) in [6.45, 7) is 5.10. The van der Waals surface area contributed by atoms with Gasteiger partial charge in [-0.1, -0.05) is 18.2 Å². The lowest BCUT2D eigenvalue weighted by atomic mass is 10.2. The van der Waals surface area contributed by atoms with Crippen LogP contribution in [0.2, 0.25) is 0 Å². The van der Waals surface area contributed by atoms with Gasteiger partial charge < -0.3 is 10.2 Å². The second-order valence-electron chi connectivity index (χ2n) is 6.09. The fourth-order valence-electron chi connectivity index (χ4n) is 2.64. The smallest absolute Gasteiger partial charge is 0.193 e. The Kier molecular flexibility index (Phi) is 7.42. The van der Waals surface area contributed by atoms with Crippen molar-refractivity contribution < 1.29 is 8.42 Å². The summed E-state index contributed by atoms with van der Waals surface area (Å²) in [6, 6.07) is 10.5. The van der Waals surface area contributed by atoms with Crippen LogP contribution in [0.5, 0.6) is 0 Å². The van der Waals surface area contributed by atoms with Crippen molar-refractivity contribution in [3.05, 3.63) is 30.3 Å².